The number of unbranched alkanes of at least 4 members (excludes halogenated alkanes) is 7. The van der Waals surface area contributed by atoms with Gasteiger partial charge in [-0.1, -0.05) is 151 Å². The van der Waals surface area contributed by atoms with Crippen LogP contribution in [0.25, 0.3) is 0 Å². The molecule has 0 aliphatic rings. The summed E-state index contributed by atoms with van der Waals surface area (Å²) in [6.45, 7) is 6.17. The molecule has 6 nitrogen and oxygen atoms in total. The van der Waals surface area contributed by atoms with Crippen LogP contribution in [-0.4, -0.2) is 47.6 Å². The van der Waals surface area contributed by atoms with E-state index in [1.807, 2.05) is 30.4 Å². The zero-order chi connectivity index (χ0) is 33.9. The number of esters is 2. The molecule has 6 heteroatoms. The SMILES string of the molecule is CC/C=C\C/C=C\C/C=C\C/C=C\C=C/C(O)C/C=C\CCC(=O)OC[C@H](CO)OC(=O)CCCCCCCCCCC(C)CC. The Kier molecular flexibility index (Phi) is 31.7. The number of carbonyl (C=O) groups excluding carboxylic acids is 2. The fourth-order valence-electron chi connectivity index (χ4n) is 4.52. The average Bonchev–Trinajstić information content (AvgIpc) is 3.05. The molecule has 0 rings (SSSR count). The Morgan fingerprint density at radius 1 is 0.696 bits per heavy atom. The first-order valence-electron chi connectivity index (χ1n) is 18.0. The lowest BCUT2D eigenvalue weighted by molar-refractivity contribution is -0.161. The number of rotatable bonds is 30. The highest BCUT2D eigenvalue weighted by atomic mass is 16.6. The van der Waals surface area contributed by atoms with Gasteiger partial charge in [0.25, 0.3) is 0 Å². The molecule has 0 aromatic carbocycles. The Labute approximate surface area is 281 Å². The molecular formula is C40H66O6. The lowest BCUT2D eigenvalue weighted by Crippen LogP contribution is -2.28. The third-order valence-corrected chi connectivity index (χ3v) is 7.65. The van der Waals surface area contributed by atoms with Crippen molar-refractivity contribution in [1.82, 2.24) is 0 Å². The van der Waals surface area contributed by atoms with Crippen LogP contribution in [0.3, 0.4) is 0 Å². The standard InChI is InChI=1S/C40H66O6/c1-4-6-7-8-9-10-11-12-13-14-18-21-25-30-37(42)31-26-23-28-32-39(43)45-35-38(34-41)46-40(44)33-27-22-19-16-15-17-20-24-29-36(3)5-2/h6-7,9-10,12-13,18,21,23,25-26,30,36-38,41-42H,4-5,8,11,14-17,19-20,22,24,27-29,31-35H2,1-3H3/b7-6-,10-9-,13-12-,21-18-,26-23-,30-25-/t36?,37?,38-/m0/s1. The molecule has 0 saturated carbocycles. The van der Waals surface area contributed by atoms with Gasteiger partial charge >= 0.3 is 11.9 Å². The summed E-state index contributed by atoms with van der Waals surface area (Å²) in [5, 5.41) is 19.6. The van der Waals surface area contributed by atoms with Gasteiger partial charge in [-0.15, -0.1) is 0 Å². The molecule has 0 aliphatic heterocycles. The van der Waals surface area contributed by atoms with Gasteiger partial charge in [0.05, 0.1) is 12.7 Å². The third-order valence-electron chi connectivity index (χ3n) is 7.65. The lowest BCUT2D eigenvalue weighted by Gasteiger charge is -2.15. The normalized spacial score (nSPS) is 14.5. The summed E-state index contributed by atoms with van der Waals surface area (Å²) in [5.41, 5.74) is 0. The van der Waals surface area contributed by atoms with Gasteiger partial charge in [-0.3, -0.25) is 9.59 Å². The average molecular weight is 643 g/mol. The van der Waals surface area contributed by atoms with Gasteiger partial charge < -0.3 is 19.7 Å². The van der Waals surface area contributed by atoms with Crippen LogP contribution in [0.15, 0.2) is 72.9 Å². The van der Waals surface area contributed by atoms with Gasteiger partial charge in [0.15, 0.2) is 6.10 Å². The topological polar surface area (TPSA) is 93.1 Å². The Bertz CT molecular complexity index is 897. The highest BCUT2D eigenvalue weighted by Gasteiger charge is 2.16. The molecule has 0 aromatic heterocycles. The second kappa shape index (κ2) is 33.7. The van der Waals surface area contributed by atoms with E-state index in [0.717, 1.165) is 50.9 Å². The molecule has 2 N–H and O–H groups in total. The fraction of sp³-hybridized carbons (Fsp3) is 0.650. The van der Waals surface area contributed by atoms with Crippen molar-refractivity contribution >= 4 is 11.9 Å². The highest BCUT2D eigenvalue weighted by molar-refractivity contribution is 5.70. The van der Waals surface area contributed by atoms with Crippen LogP contribution in [0, 0.1) is 5.92 Å². The van der Waals surface area contributed by atoms with Gasteiger partial charge in [0.2, 0.25) is 0 Å². The molecule has 0 saturated heterocycles. The molecule has 3 atom stereocenters. The molecule has 0 amide bonds. The molecule has 2 unspecified atom stereocenters. The van der Waals surface area contributed by atoms with E-state index >= 15 is 0 Å². The maximum absolute atomic E-state index is 12.1. The van der Waals surface area contributed by atoms with Crippen LogP contribution in [-0.2, 0) is 19.1 Å². The van der Waals surface area contributed by atoms with Crippen LogP contribution in [0.5, 0.6) is 0 Å². The van der Waals surface area contributed by atoms with E-state index in [1.165, 1.54) is 44.9 Å². The minimum Gasteiger partial charge on any atom is -0.462 e. The van der Waals surface area contributed by atoms with E-state index in [9.17, 15) is 19.8 Å². The van der Waals surface area contributed by atoms with Crippen LogP contribution >= 0.6 is 0 Å². The number of allylic oxidation sites excluding steroid dienone is 10. The van der Waals surface area contributed by atoms with E-state index < -0.39 is 18.2 Å². The van der Waals surface area contributed by atoms with Crippen molar-refractivity contribution in [3.05, 3.63) is 72.9 Å². The molecule has 0 aliphatic carbocycles. The molecule has 0 radical (unpaired) electrons. The van der Waals surface area contributed by atoms with Crippen molar-refractivity contribution in [2.75, 3.05) is 13.2 Å². The largest absolute Gasteiger partial charge is 0.462 e. The van der Waals surface area contributed by atoms with Crippen molar-refractivity contribution in [3.63, 3.8) is 0 Å². The highest BCUT2D eigenvalue weighted by Crippen LogP contribution is 2.15. The smallest absolute Gasteiger partial charge is 0.306 e. The summed E-state index contributed by atoms with van der Waals surface area (Å²) in [6, 6.07) is 0. The summed E-state index contributed by atoms with van der Waals surface area (Å²) in [4.78, 5) is 24.2. The van der Waals surface area contributed by atoms with E-state index in [2.05, 4.69) is 57.2 Å². The maximum atomic E-state index is 12.1. The molecule has 0 spiro atoms. The second-order valence-electron chi connectivity index (χ2n) is 12.0. The van der Waals surface area contributed by atoms with Gasteiger partial charge in [-0.05, 0) is 50.9 Å². The first-order chi connectivity index (χ1) is 22.4. The third kappa shape index (κ3) is 31.3. The summed E-state index contributed by atoms with van der Waals surface area (Å²) < 4.78 is 10.5. The quantitative estimate of drug-likeness (QED) is 0.0351. The summed E-state index contributed by atoms with van der Waals surface area (Å²) in [7, 11) is 0. The Morgan fingerprint density at radius 2 is 1.30 bits per heavy atom. The number of hydrogen-bond donors (Lipinski definition) is 2. The minimum absolute atomic E-state index is 0.150. The van der Waals surface area contributed by atoms with Crippen molar-refractivity contribution < 1.29 is 29.3 Å². The number of aliphatic hydroxyl groups excluding tert-OH is 2. The lowest BCUT2D eigenvalue weighted by atomic mass is 9.99. The van der Waals surface area contributed by atoms with Crippen molar-refractivity contribution in [1.29, 1.82) is 0 Å². The van der Waals surface area contributed by atoms with Crippen molar-refractivity contribution in [2.45, 2.75) is 149 Å². The fourth-order valence-corrected chi connectivity index (χ4v) is 4.52. The molecule has 0 aromatic rings. The van der Waals surface area contributed by atoms with Crippen molar-refractivity contribution in [3.8, 4) is 0 Å². The zero-order valence-corrected chi connectivity index (χ0v) is 29.3. The van der Waals surface area contributed by atoms with Crippen molar-refractivity contribution in [2.24, 2.45) is 5.92 Å². The predicted molar refractivity (Wildman–Crippen MR) is 192 cm³/mol. The Hall–Kier alpha value is -2.70. The van der Waals surface area contributed by atoms with E-state index in [1.54, 1.807) is 6.08 Å². The van der Waals surface area contributed by atoms with E-state index in [-0.39, 0.29) is 25.6 Å². The second-order valence-corrected chi connectivity index (χ2v) is 12.0. The van der Waals surface area contributed by atoms with Crippen LogP contribution in [0.4, 0.5) is 0 Å². The van der Waals surface area contributed by atoms with Crippen LogP contribution in [0.1, 0.15) is 136 Å². The van der Waals surface area contributed by atoms with Gasteiger partial charge in [0, 0.05) is 12.8 Å². The predicted octanol–water partition coefficient (Wildman–Crippen LogP) is 9.83. The summed E-state index contributed by atoms with van der Waals surface area (Å²) in [6.07, 6.45) is 39.9. The molecule has 46 heavy (non-hydrogen) atoms. The van der Waals surface area contributed by atoms with E-state index in [4.69, 9.17) is 9.47 Å². The Morgan fingerprint density at radius 3 is 1.93 bits per heavy atom. The molecule has 0 heterocycles. The van der Waals surface area contributed by atoms with Crippen LogP contribution < -0.4 is 0 Å². The molecule has 0 bridgehead atoms. The summed E-state index contributed by atoms with van der Waals surface area (Å²) in [5.74, 6) is 0.0597. The molecular weight excluding hydrogens is 576 g/mol. The zero-order valence-electron chi connectivity index (χ0n) is 29.3. The number of aliphatic hydroxyl groups is 2. The maximum Gasteiger partial charge on any atom is 0.306 e. The monoisotopic (exact) mass is 642 g/mol. The minimum atomic E-state index is -0.838. The number of carbonyl (C=O) groups is 2. The van der Waals surface area contributed by atoms with Gasteiger partial charge in [0.1, 0.15) is 6.61 Å². The number of hydrogen-bond acceptors (Lipinski definition) is 6. The number of ether oxygens (including phenoxy) is 2. The summed E-state index contributed by atoms with van der Waals surface area (Å²) >= 11 is 0. The van der Waals surface area contributed by atoms with Crippen LogP contribution in [0.2, 0.25) is 0 Å². The Balaban J connectivity index is 3.87. The first-order valence-corrected chi connectivity index (χ1v) is 18.0. The first kappa shape index (κ1) is 43.3. The molecule has 262 valence electrons. The molecule has 0 fully saturated rings. The van der Waals surface area contributed by atoms with Gasteiger partial charge in [-0.25, -0.2) is 0 Å². The van der Waals surface area contributed by atoms with E-state index in [0.29, 0.717) is 19.3 Å². The van der Waals surface area contributed by atoms with Gasteiger partial charge in [-0.2, -0.15) is 0 Å².